The van der Waals surface area contributed by atoms with Crippen LogP contribution >= 0.6 is 0 Å². The van der Waals surface area contributed by atoms with E-state index < -0.39 is 5.97 Å². The molecule has 0 saturated carbocycles. The lowest BCUT2D eigenvalue weighted by Crippen LogP contribution is -2.12. The van der Waals surface area contributed by atoms with Gasteiger partial charge in [-0.3, -0.25) is 9.59 Å². The summed E-state index contributed by atoms with van der Waals surface area (Å²) in [5, 5.41) is 0. The van der Waals surface area contributed by atoms with E-state index in [2.05, 4.69) is 4.74 Å². The van der Waals surface area contributed by atoms with Gasteiger partial charge < -0.3 is 9.47 Å². The molecule has 0 aromatic heterocycles. The zero-order valence-corrected chi connectivity index (χ0v) is 12.4. The Balaban J connectivity index is 2.62. The highest BCUT2D eigenvalue weighted by atomic mass is 16.5. The molecule has 0 saturated heterocycles. The number of ketones is 1. The normalized spacial score (nSPS) is 10.0. The fourth-order valence-corrected chi connectivity index (χ4v) is 1.90. The minimum absolute atomic E-state index is 0.122. The summed E-state index contributed by atoms with van der Waals surface area (Å²) in [6, 6.07) is 6.61. The summed E-state index contributed by atoms with van der Waals surface area (Å²) >= 11 is 0. The molecule has 5 heteroatoms. The van der Waals surface area contributed by atoms with Crippen molar-refractivity contribution in [2.24, 2.45) is 0 Å². The molecule has 0 aliphatic carbocycles. The van der Waals surface area contributed by atoms with E-state index in [0.29, 0.717) is 24.8 Å². The molecule has 0 unspecified atom stereocenters. The van der Waals surface area contributed by atoms with Crippen molar-refractivity contribution in [1.82, 2.24) is 0 Å². The Kier molecular flexibility index (Phi) is 7.15. The third kappa shape index (κ3) is 5.38. The van der Waals surface area contributed by atoms with E-state index in [0.717, 1.165) is 0 Å². The van der Waals surface area contributed by atoms with Gasteiger partial charge in [-0.05, 0) is 25.8 Å². The molecular weight excluding hydrogens is 272 g/mol. The van der Waals surface area contributed by atoms with Gasteiger partial charge in [0.25, 0.3) is 0 Å². The Bertz CT molecular complexity index is 507. The van der Waals surface area contributed by atoms with E-state index in [1.807, 2.05) is 0 Å². The first-order valence-electron chi connectivity index (χ1n) is 6.96. The van der Waals surface area contributed by atoms with Crippen LogP contribution in [0.15, 0.2) is 24.3 Å². The van der Waals surface area contributed by atoms with Gasteiger partial charge >= 0.3 is 11.9 Å². The van der Waals surface area contributed by atoms with Crippen LogP contribution in [0.1, 0.15) is 53.3 Å². The van der Waals surface area contributed by atoms with Gasteiger partial charge in [-0.25, -0.2) is 4.79 Å². The van der Waals surface area contributed by atoms with Gasteiger partial charge in [-0.1, -0.05) is 18.2 Å². The van der Waals surface area contributed by atoms with Crippen LogP contribution < -0.4 is 0 Å². The summed E-state index contributed by atoms with van der Waals surface area (Å²) in [5.41, 5.74) is 0.659. The first-order valence-corrected chi connectivity index (χ1v) is 6.96. The molecule has 21 heavy (non-hydrogen) atoms. The van der Waals surface area contributed by atoms with Crippen LogP contribution in [-0.2, 0) is 14.3 Å². The van der Waals surface area contributed by atoms with E-state index in [1.54, 1.807) is 31.2 Å². The average molecular weight is 292 g/mol. The molecule has 0 bridgehead atoms. The van der Waals surface area contributed by atoms with Gasteiger partial charge in [0, 0.05) is 18.4 Å². The number of carbonyl (C=O) groups is 3. The minimum atomic E-state index is -0.490. The van der Waals surface area contributed by atoms with Crippen molar-refractivity contribution in [2.45, 2.75) is 32.6 Å². The fourth-order valence-electron chi connectivity index (χ4n) is 1.90. The van der Waals surface area contributed by atoms with Crippen molar-refractivity contribution in [2.75, 3.05) is 13.7 Å². The quantitative estimate of drug-likeness (QED) is 0.418. The lowest BCUT2D eigenvalue weighted by atomic mass is 9.99. The predicted octanol–water partition coefficient (Wildman–Crippen LogP) is 2.78. The van der Waals surface area contributed by atoms with E-state index in [-0.39, 0.29) is 30.3 Å². The van der Waals surface area contributed by atoms with Crippen molar-refractivity contribution in [3.8, 4) is 0 Å². The number of methoxy groups -OCH3 is 1. The predicted molar refractivity (Wildman–Crippen MR) is 77.2 cm³/mol. The number of hydrogen-bond donors (Lipinski definition) is 0. The molecule has 1 aromatic rings. The topological polar surface area (TPSA) is 69.7 Å². The summed E-state index contributed by atoms with van der Waals surface area (Å²) in [6.45, 7) is 1.98. The van der Waals surface area contributed by atoms with Crippen LogP contribution in [0.4, 0.5) is 0 Å². The van der Waals surface area contributed by atoms with Crippen molar-refractivity contribution < 1.29 is 23.9 Å². The Hall–Kier alpha value is -2.17. The number of ether oxygens (including phenoxy) is 2. The van der Waals surface area contributed by atoms with Crippen molar-refractivity contribution >= 4 is 17.7 Å². The second kappa shape index (κ2) is 8.89. The van der Waals surface area contributed by atoms with Gasteiger partial charge in [-0.2, -0.15) is 0 Å². The zero-order chi connectivity index (χ0) is 15.7. The third-order valence-corrected chi connectivity index (χ3v) is 2.99. The molecule has 1 rings (SSSR count). The molecule has 0 aliphatic heterocycles. The Morgan fingerprint density at radius 3 is 2.24 bits per heavy atom. The number of unbranched alkanes of at least 4 members (excludes halogenated alkanes) is 1. The molecule has 0 aliphatic rings. The lowest BCUT2D eigenvalue weighted by Gasteiger charge is -2.07. The van der Waals surface area contributed by atoms with E-state index in [4.69, 9.17) is 4.74 Å². The molecule has 1 aromatic carbocycles. The van der Waals surface area contributed by atoms with Gasteiger partial charge in [0.1, 0.15) is 0 Å². The summed E-state index contributed by atoms with van der Waals surface area (Å²) in [5.74, 6) is -0.895. The van der Waals surface area contributed by atoms with E-state index in [1.165, 1.54) is 7.11 Å². The van der Waals surface area contributed by atoms with Crippen molar-refractivity contribution in [3.05, 3.63) is 35.4 Å². The largest absolute Gasteiger partial charge is 0.469 e. The molecule has 0 atom stereocenters. The first-order chi connectivity index (χ1) is 10.1. The average Bonchev–Trinajstić information content (AvgIpc) is 2.51. The maximum Gasteiger partial charge on any atom is 0.338 e. The van der Waals surface area contributed by atoms with Gasteiger partial charge in [-0.15, -0.1) is 0 Å². The second-order valence-corrected chi connectivity index (χ2v) is 4.47. The summed E-state index contributed by atoms with van der Waals surface area (Å²) < 4.78 is 9.47. The van der Waals surface area contributed by atoms with Gasteiger partial charge in [0.05, 0.1) is 19.3 Å². The molecule has 5 nitrogen and oxygen atoms in total. The second-order valence-electron chi connectivity index (χ2n) is 4.47. The maximum absolute atomic E-state index is 12.2. The summed E-state index contributed by atoms with van der Waals surface area (Å²) in [4.78, 5) is 34.9. The molecule has 0 heterocycles. The number of hydrogen-bond acceptors (Lipinski definition) is 5. The highest BCUT2D eigenvalue weighted by molar-refractivity contribution is 6.06. The number of Topliss-reactive ketones (excluding diaryl/α,β-unsaturated/α-hetero) is 1. The van der Waals surface area contributed by atoms with E-state index in [9.17, 15) is 14.4 Å². The third-order valence-electron chi connectivity index (χ3n) is 2.99. The fraction of sp³-hybridized carbons (Fsp3) is 0.438. The van der Waals surface area contributed by atoms with Crippen LogP contribution in [0.25, 0.3) is 0 Å². The highest BCUT2D eigenvalue weighted by Gasteiger charge is 2.17. The van der Waals surface area contributed by atoms with Crippen LogP contribution in [0.3, 0.4) is 0 Å². The summed E-state index contributed by atoms with van der Waals surface area (Å²) in [6.07, 6.45) is 1.74. The highest BCUT2D eigenvalue weighted by Crippen LogP contribution is 2.15. The monoisotopic (exact) mass is 292 g/mol. The minimum Gasteiger partial charge on any atom is -0.469 e. The number of rotatable bonds is 8. The molecular formula is C16H20O5. The molecule has 0 N–H and O–H groups in total. The van der Waals surface area contributed by atoms with Crippen molar-refractivity contribution in [3.63, 3.8) is 0 Å². The lowest BCUT2D eigenvalue weighted by molar-refractivity contribution is -0.140. The smallest absolute Gasteiger partial charge is 0.338 e. The Morgan fingerprint density at radius 1 is 1.00 bits per heavy atom. The van der Waals surface area contributed by atoms with E-state index >= 15 is 0 Å². The van der Waals surface area contributed by atoms with Crippen LogP contribution in [0, 0.1) is 0 Å². The molecule has 114 valence electrons. The molecule has 0 amide bonds. The van der Waals surface area contributed by atoms with Gasteiger partial charge in [0.15, 0.2) is 5.78 Å². The number of carbonyl (C=O) groups excluding carboxylic acids is 3. The first kappa shape index (κ1) is 16.9. The van der Waals surface area contributed by atoms with Crippen LogP contribution in [0.5, 0.6) is 0 Å². The standard InChI is InChI=1S/C16H20O5/c1-3-21-16(19)13-9-5-4-8-12(13)14(17)10-6-7-11-15(18)20-2/h4-5,8-9H,3,6-7,10-11H2,1-2H3. The maximum atomic E-state index is 12.2. The number of esters is 2. The molecule has 0 spiro atoms. The Labute approximate surface area is 124 Å². The molecule has 0 radical (unpaired) electrons. The molecule has 0 fully saturated rings. The van der Waals surface area contributed by atoms with Crippen molar-refractivity contribution in [1.29, 1.82) is 0 Å². The number of benzene rings is 1. The van der Waals surface area contributed by atoms with Gasteiger partial charge in [0.2, 0.25) is 0 Å². The van der Waals surface area contributed by atoms with Crippen LogP contribution in [0.2, 0.25) is 0 Å². The van der Waals surface area contributed by atoms with Crippen LogP contribution in [-0.4, -0.2) is 31.4 Å². The summed E-state index contributed by atoms with van der Waals surface area (Å²) in [7, 11) is 1.34. The zero-order valence-electron chi connectivity index (χ0n) is 12.4. The SMILES string of the molecule is CCOC(=O)c1ccccc1C(=O)CCCCC(=O)OC. The Morgan fingerprint density at radius 2 is 1.62 bits per heavy atom.